The fourth-order valence-corrected chi connectivity index (χ4v) is 4.88. The molecule has 0 radical (unpaired) electrons. The van der Waals surface area contributed by atoms with Crippen molar-refractivity contribution in [1.82, 2.24) is 19.7 Å². The van der Waals surface area contributed by atoms with Crippen LogP contribution in [0.5, 0.6) is 11.5 Å². The van der Waals surface area contributed by atoms with Gasteiger partial charge in [-0.15, -0.1) is 0 Å². The number of nitrogens with zero attached hydrogens (tertiary/aromatic N) is 4. The van der Waals surface area contributed by atoms with Crippen LogP contribution in [-0.2, 0) is 19.8 Å². The molecule has 0 spiro atoms. The Morgan fingerprint density at radius 1 is 0.762 bits per heavy atom. The van der Waals surface area contributed by atoms with Gasteiger partial charge in [0.05, 0.1) is 6.54 Å². The summed E-state index contributed by atoms with van der Waals surface area (Å²) in [6, 6.07) is 32.6. The highest BCUT2D eigenvalue weighted by Gasteiger charge is 2.22. The molecule has 0 N–H and O–H groups in total. The van der Waals surface area contributed by atoms with E-state index in [0.29, 0.717) is 37.0 Å². The molecule has 0 aliphatic rings. The van der Waals surface area contributed by atoms with Crippen LogP contribution in [0.2, 0.25) is 0 Å². The highest BCUT2D eigenvalue weighted by atomic mass is 16.5. The first-order valence-electron chi connectivity index (χ1n) is 14.0. The second kappa shape index (κ2) is 12.6. The zero-order chi connectivity index (χ0) is 28.7. The Hall–Kier alpha value is -5.17. The van der Waals surface area contributed by atoms with Gasteiger partial charge < -0.3 is 13.9 Å². The fourth-order valence-electron chi connectivity index (χ4n) is 4.88. The summed E-state index contributed by atoms with van der Waals surface area (Å²) in [7, 11) is 0. The number of hydrogen-bond donors (Lipinski definition) is 0. The van der Waals surface area contributed by atoms with Crippen LogP contribution in [0, 0.1) is 0 Å². The van der Waals surface area contributed by atoms with E-state index in [1.54, 1.807) is 11.0 Å². The monoisotopic (exact) mass is 556 g/mol. The number of rotatable bonds is 11. The number of hydrogen-bond acceptors (Lipinski definition) is 6. The highest BCUT2D eigenvalue weighted by Crippen LogP contribution is 2.42. The molecule has 6 aromatic rings. The molecular formula is C35H32N4O3. The van der Waals surface area contributed by atoms with Gasteiger partial charge in [0.25, 0.3) is 0 Å². The van der Waals surface area contributed by atoms with Crippen LogP contribution in [0.1, 0.15) is 42.0 Å². The van der Waals surface area contributed by atoms with Gasteiger partial charge in [-0.1, -0.05) is 92.7 Å². The van der Waals surface area contributed by atoms with Gasteiger partial charge in [-0.2, -0.15) is 5.10 Å². The summed E-state index contributed by atoms with van der Waals surface area (Å²) in [6.45, 7) is 5.81. The van der Waals surface area contributed by atoms with Crippen molar-refractivity contribution in [3.8, 4) is 34.1 Å². The van der Waals surface area contributed by atoms with Crippen LogP contribution < -0.4 is 9.47 Å². The lowest BCUT2D eigenvalue weighted by atomic mass is 9.95. The molecule has 0 saturated carbocycles. The van der Waals surface area contributed by atoms with E-state index in [4.69, 9.17) is 18.9 Å². The van der Waals surface area contributed by atoms with Crippen LogP contribution in [0.4, 0.5) is 0 Å². The van der Waals surface area contributed by atoms with Gasteiger partial charge in [-0.3, -0.25) is 0 Å². The minimum absolute atomic E-state index is 0.207. The van der Waals surface area contributed by atoms with Gasteiger partial charge >= 0.3 is 0 Å². The van der Waals surface area contributed by atoms with Crippen molar-refractivity contribution in [3.05, 3.63) is 138 Å². The van der Waals surface area contributed by atoms with E-state index in [9.17, 15) is 0 Å². The van der Waals surface area contributed by atoms with Gasteiger partial charge in [0, 0.05) is 17.2 Å². The van der Waals surface area contributed by atoms with Gasteiger partial charge in [-0.25, -0.2) is 14.6 Å². The van der Waals surface area contributed by atoms with Crippen LogP contribution in [0.25, 0.3) is 22.6 Å². The molecule has 7 heteroatoms. The lowest BCUT2D eigenvalue weighted by molar-refractivity contribution is 0.288. The van der Waals surface area contributed by atoms with E-state index >= 15 is 0 Å². The molecule has 0 fully saturated rings. The highest BCUT2D eigenvalue weighted by molar-refractivity contribution is 5.81. The normalized spacial score (nSPS) is 11.1. The number of oxazole rings is 1. The van der Waals surface area contributed by atoms with E-state index in [2.05, 4.69) is 66.4 Å². The van der Waals surface area contributed by atoms with Crippen molar-refractivity contribution in [2.24, 2.45) is 0 Å². The van der Waals surface area contributed by atoms with Crippen LogP contribution >= 0.6 is 0 Å². The Morgan fingerprint density at radius 3 is 2.12 bits per heavy atom. The van der Waals surface area contributed by atoms with E-state index in [1.807, 2.05) is 54.6 Å². The summed E-state index contributed by atoms with van der Waals surface area (Å²) in [5.74, 6) is 2.35. The Kier molecular flexibility index (Phi) is 8.08. The lowest BCUT2D eigenvalue weighted by Gasteiger charge is -2.19. The van der Waals surface area contributed by atoms with Crippen LogP contribution in [0.15, 0.2) is 121 Å². The standard InChI is InChI=1S/C35H32N4O3/c1-25(2)30-17-31(34-35(42-24-37-34)29-15-9-14-28(16-29)19-39-23-36-22-38-39)33(41-21-27-12-7-4-8-13-27)18-32(30)40-20-26-10-5-3-6-11-26/h3-18,22-25H,19-21H2,1-2H3. The van der Waals surface area contributed by atoms with Gasteiger partial charge in [0.2, 0.25) is 0 Å². The Labute approximate surface area is 245 Å². The second-order valence-electron chi connectivity index (χ2n) is 10.4. The molecule has 2 aromatic heterocycles. The van der Waals surface area contributed by atoms with Crippen LogP contribution in [-0.4, -0.2) is 19.7 Å². The maximum Gasteiger partial charge on any atom is 0.182 e. The average molecular weight is 557 g/mol. The summed E-state index contributed by atoms with van der Waals surface area (Å²) in [5, 5.41) is 4.24. The summed E-state index contributed by atoms with van der Waals surface area (Å²) < 4.78 is 20.7. The summed E-state index contributed by atoms with van der Waals surface area (Å²) in [4.78, 5) is 8.74. The van der Waals surface area contributed by atoms with Gasteiger partial charge in [0.15, 0.2) is 12.2 Å². The molecule has 2 heterocycles. The number of benzene rings is 4. The van der Waals surface area contributed by atoms with E-state index in [1.165, 1.54) is 12.7 Å². The van der Waals surface area contributed by atoms with E-state index in [0.717, 1.165) is 39.1 Å². The van der Waals surface area contributed by atoms with Crippen molar-refractivity contribution in [2.45, 2.75) is 39.5 Å². The molecule has 0 unspecified atom stereocenters. The predicted octanol–water partition coefficient (Wildman–Crippen LogP) is 7.93. The summed E-state index contributed by atoms with van der Waals surface area (Å²) >= 11 is 0. The Bertz CT molecular complexity index is 1730. The average Bonchev–Trinajstić information content (AvgIpc) is 3.73. The molecule has 210 valence electrons. The first kappa shape index (κ1) is 27.0. The predicted molar refractivity (Wildman–Crippen MR) is 162 cm³/mol. The maximum absolute atomic E-state index is 6.48. The van der Waals surface area contributed by atoms with Crippen molar-refractivity contribution in [1.29, 1.82) is 0 Å². The van der Waals surface area contributed by atoms with Crippen molar-refractivity contribution >= 4 is 0 Å². The smallest absolute Gasteiger partial charge is 0.182 e. The molecular weight excluding hydrogens is 524 g/mol. The first-order valence-corrected chi connectivity index (χ1v) is 14.0. The van der Waals surface area contributed by atoms with Gasteiger partial charge in [0.1, 0.15) is 43.1 Å². The van der Waals surface area contributed by atoms with E-state index < -0.39 is 0 Å². The molecule has 0 bridgehead atoms. The SMILES string of the molecule is CC(C)c1cc(-c2ncoc2-c2cccc(Cn3cncn3)c2)c(OCc2ccccc2)cc1OCc1ccccc1. The summed E-state index contributed by atoms with van der Waals surface area (Å²) in [5.41, 5.74) is 6.82. The molecule has 0 aliphatic heterocycles. The zero-order valence-corrected chi connectivity index (χ0v) is 23.7. The maximum atomic E-state index is 6.48. The molecule has 4 aromatic carbocycles. The molecule has 0 saturated heterocycles. The van der Waals surface area contributed by atoms with Crippen LogP contribution in [0.3, 0.4) is 0 Å². The molecule has 7 nitrogen and oxygen atoms in total. The minimum atomic E-state index is 0.207. The largest absolute Gasteiger partial charge is 0.488 e. The topological polar surface area (TPSA) is 75.2 Å². The summed E-state index contributed by atoms with van der Waals surface area (Å²) in [6.07, 6.45) is 4.73. The minimum Gasteiger partial charge on any atom is -0.488 e. The van der Waals surface area contributed by atoms with Crippen molar-refractivity contribution < 1.29 is 13.9 Å². The molecule has 6 rings (SSSR count). The molecule has 0 atom stereocenters. The van der Waals surface area contributed by atoms with Crippen molar-refractivity contribution in [3.63, 3.8) is 0 Å². The quantitative estimate of drug-likeness (QED) is 0.161. The van der Waals surface area contributed by atoms with E-state index in [-0.39, 0.29) is 5.92 Å². The molecule has 0 amide bonds. The number of ether oxygens (including phenoxy) is 2. The second-order valence-corrected chi connectivity index (χ2v) is 10.4. The third kappa shape index (κ3) is 6.25. The molecule has 42 heavy (non-hydrogen) atoms. The zero-order valence-electron chi connectivity index (χ0n) is 23.7. The lowest BCUT2D eigenvalue weighted by Crippen LogP contribution is -2.04. The first-order chi connectivity index (χ1) is 20.6. The third-order valence-electron chi connectivity index (χ3n) is 7.03. The van der Waals surface area contributed by atoms with Gasteiger partial charge in [-0.05, 0) is 40.3 Å². The Balaban J connectivity index is 1.39. The Morgan fingerprint density at radius 2 is 1.45 bits per heavy atom. The number of aromatic nitrogens is 4. The third-order valence-corrected chi connectivity index (χ3v) is 7.03. The molecule has 0 aliphatic carbocycles. The fraction of sp³-hybridized carbons (Fsp3) is 0.171. The van der Waals surface area contributed by atoms with Crippen molar-refractivity contribution in [2.75, 3.05) is 0 Å².